The van der Waals surface area contributed by atoms with E-state index in [1.165, 1.54) is 0 Å². The number of ether oxygens (including phenoxy) is 2. The summed E-state index contributed by atoms with van der Waals surface area (Å²) < 4.78 is 44.9. The zero-order valence-corrected chi connectivity index (χ0v) is 9.96. The van der Waals surface area contributed by atoms with Gasteiger partial charge in [0.1, 0.15) is 12.4 Å². The Kier molecular flexibility index (Phi) is 5.36. The first kappa shape index (κ1) is 14.7. The summed E-state index contributed by atoms with van der Waals surface area (Å²) in [5.74, 6) is 0.397. The molecule has 102 valence electrons. The second-order valence-corrected chi connectivity index (χ2v) is 3.66. The van der Waals surface area contributed by atoms with Crippen LogP contribution in [0, 0.1) is 6.92 Å². The van der Waals surface area contributed by atoms with Gasteiger partial charge in [0, 0.05) is 12.1 Å². The number of nitrogens with two attached hydrogens (primary N) is 1. The topological polar surface area (TPSA) is 57.4 Å². The number of hydrogen-bond acceptors (Lipinski definition) is 4. The summed E-state index contributed by atoms with van der Waals surface area (Å²) in [4.78, 5) is 4.21. The fraction of sp³-hybridized carbons (Fsp3) is 0.545. The van der Waals surface area contributed by atoms with E-state index in [1.54, 1.807) is 12.1 Å². The van der Waals surface area contributed by atoms with E-state index in [4.69, 9.17) is 10.5 Å². The van der Waals surface area contributed by atoms with Gasteiger partial charge in [0.2, 0.25) is 0 Å². The van der Waals surface area contributed by atoms with Crippen molar-refractivity contribution in [2.75, 3.05) is 19.9 Å². The van der Waals surface area contributed by atoms with Gasteiger partial charge in [0.05, 0.1) is 5.69 Å². The Morgan fingerprint density at radius 3 is 2.67 bits per heavy atom. The van der Waals surface area contributed by atoms with Crippen molar-refractivity contribution >= 4 is 0 Å². The number of hydrogen-bond donors (Lipinski definition) is 1. The fourth-order valence-corrected chi connectivity index (χ4v) is 1.31. The molecule has 2 N–H and O–H groups in total. The Labute approximate surface area is 103 Å². The van der Waals surface area contributed by atoms with E-state index in [0.29, 0.717) is 24.4 Å². The molecular weight excluding hydrogens is 249 g/mol. The molecular formula is C11H15F3N2O2. The third-order valence-electron chi connectivity index (χ3n) is 2.02. The lowest BCUT2D eigenvalue weighted by Crippen LogP contribution is -2.19. The summed E-state index contributed by atoms with van der Waals surface area (Å²) in [6.45, 7) is 0.389. The molecule has 0 unspecified atom stereocenters. The highest BCUT2D eigenvalue weighted by Crippen LogP contribution is 2.18. The highest BCUT2D eigenvalue weighted by molar-refractivity contribution is 5.29. The maximum absolute atomic E-state index is 11.8. The predicted octanol–water partition coefficient (Wildman–Crippen LogP) is 1.81. The van der Waals surface area contributed by atoms with Crippen LogP contribution in [0.5, 0.6) is 5.75 Å². The molecule has 0 fully saturated rings. The molecule has 0 saturated carbocycles. The van der Waals surface area contributed by atoms with Crippen LogP contribution in [0.15, 0.2) is 12.1 Å². The van der Waals surface area contributed by atoms with Crippen molar-refractivity contribution in [3.8, 4) is 5.75 Å². The van der Waals surface area contributed by atoms with Gasteiger partial charge in [-0.25, -0.2) is 0 Å². The molecule has 0 amide bonds. The highest BCUT2D eigenvalue weighted by atomic mass is 19.4. The van der Waals surface area contributed by atoms with Crippen molar-refractivity contribution in [1.29, 1.82) is 0 Å². The number of pyridine rings is 1. The first-order valence-corrected chi connectivity index (χ1v) is 5.36. The van der Waals surface area contributed by atoms with E-state index in [9.17, 15) is 13.2 Å². The summed E-state index contributed by atoms with van der Waals surface area (Å²) in [5.41, 5.74) is 6.83. The van der Waals surface area contributed by atoms with Crippen LogP contribution in [0.4, 0.5) is 13.2 Å². The van der Waals surface area contributed by atoms with Crippen LogP contribution in [0.1, 0.15) is 11.4 Å². The maximum Gasteiger partial charge on any atom is 0.411 e. The van der Waals surface area contributed by atoms with Gasteiger partial charge in [-0.1, -0.05) is 0 Å². The molecule has 0 saturated heterocycles. The van der Waals surface area contributed by atoms with Gasteiger partial charge >= 0.3 is 6.18 Å². The lowest BCUT2D eigenvalue weighted by atomic mass is 10.2. The quantitative estimate of drug-likeness (QED) is 0.629. The normalized spacial score (nSPS) is 11.6. The van der Waals surface area contributed by atoms with Crippen LogP contribution in [0.2, 0.25) is 0 Å². The van der Waals surface area contributed by atoms with Gasteiger partial charge in [-0.2, -0.15) is 13.2 Å². The molecule has 0 aliphatic rings. The molecule has 1 aromatic rings. The van der Waals surface area contributed by atoms with Crippen LogP contribution < -0.4 is 10.5 Å². The minimum absolute atomic E-state index is 0.385. The van der Waals surface area contributed by atoms with Crippen molar-refractivity contribution in [2.24, 2.45) is 5.73 Å². The standard InChI is InChI=1S/C11H15F3N2O2/c1-8-2-3-10(9(16-8)4-5-15)18-7-17-6-11(12,13)14/h2-3H,4-7,15H2,1H3. The molecule has 0 atom stereocenters. The Morgan fingerprint density at radius 1 is 1.33 bits per heavy atom. The Balaban J connectivity index is 2.51. The number of aryl methyl sites for hydroxylation is 1. The number of alkyl halides is 3. The van der Waals surface area contributed by atoms with Gasteiger partial charge in [0.25, 0.3) is 0 Å². The van der Waals surface area contributed by atoms with Gasteiger partial charge in [-0.05, 0) is 25.6 Å². The van der Waals surface area contributed by atoms with E-state index in [2.05, 4.69) is 9.72 Å². The average Bonchev–Trinajstić information content (AvgIpc) is 2.26. The maximum atomic E-state index is 11.8. The first-order chi connectivity index (χ1) is 8.42. The molecule has 18 heavy (non-hydrogen) atoms. The van der Waals surface area contributed by atoms with Crippen LogP contribution >= 0.6 is 0 Å². The molecule has 1 heterocycles. The van der Waals surface area contributed by atoms with E-state index in [-0.39, 0.29) is 0 Å². The van der Waals surface area contributed by atoms with Gasteiger partial charge in [0.15, 0.2) is 6.79 Å². The zero-order chi connectivity index (χ0) is 13.6. The zero-order valence-electron chi connectivity index (χ0n) is 9.96. The fourth-order valence-electron chi connectivity index (χ4n) is 1.31. The van der Waals surface area contributed by atoms with Crippen molar-refractivity contribution in [2.45, 2.75) is 19.5 Å². The summed E-state index contributed by atoms with van der Waals surface area (Å²) in [6, 6.07) is 3.35. The highest BCUT2D eigenvalue weighted by Gasteiger charge is 2.27. The van der Waals surface area contributed by atoms with Crippen molar-refractivity contribution in [3.63, 3.8) is 0 Å². The van der Waals surface area contributed by atoms with Crippen LogP contribution in [0.25, 0.3) is 0 Å². The van der Waals surface area contributed by atoms with Crippen molar-refractivity contribution in [1.82, 2.24) is 4.98 Å². The summed E-state index contributed by atoms with van der Waals surface area (Å²) in [5, 5.41) is 0. The predicted molar refractivity (Wildman–Crippen MR) is 59.2 cm³/mol. The monoisotopic (exact) mass is 264 g/mol. The molecule has 4 nitrogen and oxygen atoms in total. The SMILES string of the molecule is Cc1ccc(OCOCC(F)(F)F)c(CCN)n1. The largest absolute Gasteiger partial charge is 0.466 e. The smallest absolute Gasteiger partial charge is 0.411 e. The van der Waals surface area contributed by atoms with Gasteiger partial charge in [-0.3, -0.25) is 4.98 Å². The molecule has 0 spiro atoms. The van der Waals surface area contributed by atoms with Crippen molar-refractivity contribution in [3.05, 3.63) is 23.5 Å². The molecule has 7 heteroatoms. The molecule has 0 radical (unpaired) electrons. The lowest BCUT2D eigenvalue weighted by molar-refractivity contribution is -0.186. The number of halogens is 3. The molecule has 0 aliphatic carbocycles. The second kappa shape index (κ2) is 6.55. The number of rotatable bonds is 6. The van der Waals surface area contributed by atoms with Crippen LogP contribution in [-0.2, 0) is 11.2 Å². The summed E-state index contributed by atoms with van der Waals surface area (Å²) in [6.07, 6.45) is -3.86. The Morgan fingerprint density at radius 2 is 2.06 bits per heavy atom. The van der Waals surface area contributed by atoms with E-state index < -0.39 is 19.6 Å². The van der Waals surface area contributed by atoms with Gasteiger partial charge in [-0.15, -0.1) is 0 Å². The van der Waals surface area contributed by atoms with Crippen LogP contribution in [0.3, 0.4) is 0 Å². The van der Waals surface area contributed by atoms with Gasteiger partial charge < -0.3 is 15.2 Å². The van der Waals surface area contributed by atoms with E-state index in [0.717, 1.165) is 5.69 Å². The molecule has 0 bridgehead atoms. The minimum atomic E-state index is -4.35. The van der Waals surface area contributed by atoms with E-state index >= 15 is 0 Å². The first-order valence-electron chi connectivity index (χ1n) is 5.36. The second-order valence-electron chi connectivity index (χ2n) is 3.66. The third-order valence-corrected chi connectivity index (χ3v) is 2.02. The summed E-state index contributed by atoms with van der Waals surface area (Å²) >= 11 is 0. The number of nitrogens with zero attached hydrogens (tertiary/aromatic N) is 1. The molecule has 1 rings (SSSR count). The molecule has 0 aliphatic heterocycles. The third kappa shape index (κ3) is 5.33. The average molecular weight is 264 g/mol. The summed E-state index contributed by atoms with van der Waals surface area (Å²) in [7, 11) is 0. The number of aromatic nitrogens is 1. The molecule has 1 aromatic heterocycles. The molecule has 0 aromatic carbocycles. The minimum Gasteiger partial charge on any atom is -0.466 e. The lowest BCUT2D eigenvalue weighted by Gasteiger charge is -2.12. The van der Waals surface area contributed by atoms with Crippen LogP contribution in [-0.4, -0.2) is 31.1 Å². The van der Waals surface area contributed by atoms with E-state index in [1.807, 2.05) is 6.92 Å². The van der Waals surface area contributed by atoms with Crippen molar-refractivity contribution < 1.29 is 22.6 Å². The Bertz CT molecular complexity index is 383. The Hall–Kier alpha value is -1.34.